The van der Waals surface area contributed by atoms with Gasteiger partial charge in [-0.15, -0.1) is 0 Å². The maximum atomic E-state index is 12.2. The van der Waals surface area contributed by atoms with Gasteiger partial charge in [0.1, 0.15) is 5.75 Å². The fraction of sp³-hybridized carbons (Fsp3) is 0.0455. The number of amides is 1. The third kappa shape index (κ3) is 5.67. The number of nitrogens with zero attached hydrogens (tertiary/aromatic N) is 1. The summed E-state index contributed by atoms with van der Waals surface area (Å²) in [5, 5.41) is 4.59. The van der Waals surface area contributed by atoms with Crippen LogP contribution in [0.3, 0.4) is 0 Å². The highest BCUT2D eigenvalue weighted by Crippen LogP contribution is 2.23. The van der Waals surface area contributed by atoms with Gasteiger partial charge in [-0.3, -0.25) is 4.79 Å². The van der Waals surface area contributed by atoms with Crippen LogP contribution in [0.5, 0.6) is 5.75 Å². The molecule has 0 aliphatic carbocycles. The van der Waals surface area contributed by atoms with Crippen molar-refractivity contribution in [3.8, 4) is 5.75 Å². The van der Waals surface area contributed by atoms with Gasteiger partial charge in [0.2, 0.25) is 0 Å². The van der Waals surface area contributed by atoms with Crippen LogP contribution in [-0.4, -0.2) is 18.1 Å². The molecule has 1 N–H and O–H groups in total. The van der Waals surface area contributed by atoms with E-state index in [1.165, 1.54) is 18.3 Å². The van der Waals surface area contributed by atoms with Crippen LogP contribution >= 0.6 is 23.2 Å². The summed E-state index contributed by atoms with van der Waals surface area (Å²) in [4.78, 5) is 24.2. The predicted octanol–water partition coefficient (Wildman–Crippen LogP) is 5.28. The molecule has 3 rings (SSSR count). The normalized spacial score (nSPS) is 10.7. The summed E-state index contributed by atoms with van der Waals surface area (Å²) in [5.74, 6) is -0.535. The van der Waals surface area contributed by atoms with E-state index < -0.39 is 5.97 Å². The predicted molar refractivity (Wildman–Crippen MR) is 114 cm³/mol. The molecule has 0 aliphatic heterocycles. The highest BCUT2D eigenvalue weighted by Gasteiger charge is 2.13. The van der Waals surface area contributed by atoms with Crippen LogP contribution < -0.4 is 10.2 Å². The number of aryl methyl sites for hydroxylation is 1. The lowest BCUT2D eigenvalue weighted by atomic mass is 10.1. The molecule has 29 heavy (non-hydrogen) atoms. The number of rotatable bonds is 5. The van der Waals surface area contributed by atoms with E-state index in [1.807, 2.05) is 19.1 Å². The number of halogens is 2. The number of esters is 1. The number of hydrogen-bond acceptors (Lipinski definition) is 4. The first-order chi connectivity index (χ1) is 13.9. The van der Waals surface area contributed by atoms with Gasteiger partial charge in [0.25, 0.3) is 5.91 Å². The Hall–Kier alpha value is -3.15. The van der Waals surface area contributed by atoms with Gasteiger partial charge in [0, 0.05) is 10.6 Å². The molecule has 0 spiro atoms. The van der Waals surface area contributed by atoms with Crippen LogP contribution in [-0.2, 0) is 0 Å². The molecule has 3 aromatic rings. The van der Waals surface area contributed by atoms with E-state index in [0.717, 1.165) is 11.1 Å². The average Bonchev–Trinajstić information content (AvgIpc) is 2.69. The Labute approximate surface area is 177 Å². The van der Waals surface area contributed by atoms with Crippen molar-refractivity contribution in [3.05, 3.63) is 99.0 Å². The first-order valence-corrected chi connectivity index (χ1v) is 9.35. The summed E-state index contributed by atoms with van der Waals surface area (Å²) < 4.78 is 5.31. The number of carbonyl (C=O) groups excluding carboxylic acids is 2. The summed E-state index contributed by atoms with van der Waals surface area (Å²) in [5.41, 5.74) is 5.01. The number of carbonyl (C=O) groups is 2. The second-order valence-corrected chi connectivity index (χ2v) is 6.99. The largest absolute Gasteiger partial charge is 0.423 e. The van der Waals surface area contributed by atoms with Crippen molar-refractivity contribution in [3.63, 3.8) is 0 Å². The van der Waals surface area contributed by atoms with Crippen molar-refractivity contribution in [1.29, 1.82) is 0 Å². The lowest BCUT2D eigenvalue weighted by molar-refractivity contribution is 0.0734. The van der Waals surface area contributed by atoms with E-state index in [2.05, 4.69) is 10.5 Å². The third-order valence-corrected chi connectivity index (χ3v) is 4.48. The first kappa shape index (κ1) is 20.6. The highest BCUT2D eigenvalue weighted by molar-refractivity contribution is 6.36. The molecule has 1 amide bonds. The Bertz CT molecular complexity index is 1060. The molecule has 0 atom stereocenters. The minimum Gasteiger partial charge on any atom is -0.423 e. The Balaban J connectivity index is 1.58. The quantitative estimate of drug-likeness (QED) is 0.261. The van der Waals surface area contributed by atoms with Gasteiger partial charge in [-0.05, 0) is 67.1 Å². The second-order valence-electron chi connectivity index (χ2n) is 6.15. The van der Waals surface area contributed by atoms with Crippen molar-refractivity contribution < 1.29 is 14.3 Å². The van der Waals surface area contributed by atoms with Crippen LogP contribution in [0.25, 0.3) is 0 Å². The van der Waals surface area contributed by atoms with Crippen molar-refractivity contribution in [2.24, 2.45) is 5.10 Å². The first-order valence-electron chi connectivity index (χ1n) is 8.60. The lowest BCUT2D eigenvalue weighted by Crippen LogP contribution is -2.17. The van der Waals surface area contributed by atoms with Gasteiger partial charge in [-0.1, -0.05) is 40.9 Å². The molecule has 3 aromatic carbocycles. The Kier molecular flexibility index (Phi) is 6.65. The summed E-state index contributed by atoms with van der Waals surface area (Å²) in [6, 6.07) is 18.4. The molecule has 5 nitrogen and oxygen atoms in total. The molecule has 0 saturated carbocycles. The molecule has 0 heterocycles. The molecular weight excluding hydrogens is 411 g/mol. The van der Waals surface area contributed by atoms with Crippen molar-refractivity contribution >= 4 is 41.3 Å². The van der Waals surface area contributed by atoms with Gasteiger partial charge < -0.3 is 4.74 Å². The van der Waals surface area contributed by atoms with Crippen molar-refractivity contribution in [1.82, 2.24) is 5.43 Å². The van der Waals surface area contributed by atoms with Crippen LogP contribution in [0.15, 0.2) is 71.8 Å². The van der Waals surface area contributed by atoms with E-state index in [-0.39, 0.29) is 16.5 Å². The van der Waals surface area contributed by atoms with Gasteiger partial charge in [0.15, 0.2) is 0 Å². The summed E-state index contributed by atoms with van der Waals surface area (Å²) in [6.07, 6.45) is 1.49. The molecule has 7 heteroatoms. The van der Waals surface area contributed by atoms with Gasteiger partial charge >= 0.3 is 5.97 Å². The van der Waals surface area contributed by atoms with Gasteiger partial charge in [0.05, 0.1) is 16.8 Å². The topological polar surface area (TPSA) is 67.8 Å². The fourth-order valence-electron chi connectivity index (χ4n) is 2.37. The van der Waals surface area contributed by atoms with Gasteiger partial charge in [-0.2, -0.15) is 5.10 Å². The minimum atomic E-state index is -0.585. The molecule has 0 saturated heterocycles. The Morgan fingerprint density at radius 2 is 1.66 bits per heavy atom. The number of nitrogens with one attached hydrogen (secondary N) is 1. The SMILES string of the molecule is Cc1ccc(C(=O)NN=Cc2ccc(OC(=O)c3ccc(Cl)cc3Cl)cc2)cc1. The third-order valence-electron chi connectivity index (χ3n) is 3.94. The van der Waals surface area contributed by atoms with E-state index in [1.54, 1.807) is 42.5 Å². The number of hydrogen-bond donors (Lipinski definition) is 1. The zero-order chi connectivity index (χ0) is 20.8. The molecule has 0 bridgehead atoms. The van der Waals surface area contributed by atoms with Crippen LogP contribution in [0.1, 0.15) is 31.8 Å². The molecule has 0 aliphatic rings. The van der Waals surface area contributed by atoms with Crippen molar-refractivity contribution in [2.45, 2.75) is 6.92 Å². The number of ether oxygens (including phenoxy) is 1. The monoisotopic (exact) mass is 426 g/mol. The van der Waals surface area contributed by atoms with Crippen LogP contribution in [0, 0.1) is 6.92 Å². The van der Waals surface area contributed by atoms with Crippen LogP contribution in [0.2, 0.25) is 10.0 Å². The summed E-state index contributed by atoms with van der Waals surface area (Å²) in [7, 11) is 0. The second kappa shape index (κ2) is 9.37. The molecule has 0 fully saturated rings. The van der Waals surface area contributed by atoms with E-state index in [0.29, 0.717) is 16.3 Å². The van der Waals surface area contributed by atoms with E-state index in [4.69, 9.17) is 27.9 Å². The zero-order valence-electron chi connectivity index (χ0n) is 15.4. The number of hydrazone groups is 1. The molecule has 0 unspecified atom stereocenters. The van der Waals surface area contributed by atoms with Crippen LogP contribution in [0.4, 0.5) is 0 Å². The fourth-order valence-corrected chi connectivity index (χ4v) is 2.86. The van der Waals surface area contributed by atoms with Crippen molar-refractivity contribution in [2.75, 3.05) is 0 Å². The van der Waals surface area contributed by atoms with E-state index >= 15 is 0 Å². The minimum absolute atomic E-state index is 0.218. The number of benzene rings is 3. The molecule has 146 valence electrons. The zero-order valence-corrected chi connectivity index (χ0v) is 16.9. The molecule has 0 aromatic heterocycles. The Morgan fingerprint density at radius 3 is 2.31 bits per heavy atom. The van der Waals surface area contributed by atoms with E-state index in [9.17, 15) is 9.59 Å². The maximum absolute atomic E-state index is 12.2. The standard InChI is InChI=1S/C22H16Cl2N2O3/c1-14-2-6-16(7-3-14)21(27)26-25-13-15-4-9-18(10-5-15)29-22(28)19-11-8-17(23)12-20(19)24/h2-13H,1H3,(H,26,27). The smallest absolute Gasteiger partial charge is 0.345 e. The Morgan fingerprint density at radius 1 is 0.966 bits per heavy atom. The van der Waals surface area contributed by atoms with Gasteiger partial charge in [-0.25, -0.2) is 10.2 Å². The lowest BCUT2D eigenvalue weighted by Gasteiger charge is -2.06. The summed E-state index contributed by atoms with van der Waals surface area (Å²) in [6.45, 7) is 1.95. The summed E-state index contributed by atoms with van der Waals surface area (Å²) >= 11 is 11.8. The molecular formula is C22H16Cl2N2O3. The maximum Gasteiger partial charge on any atom is 0.345 e. The highest BCUT2D eigenvalue weighted by atomic mass is 35.5. The average molecular weight is 427 g/mol. The molecule has 0 radical (unpaired) electrons.